The van der Waals surface area contributed by atoms with Crippen molar-refractivity contribution >= 4 is 10.8 Å². The van der Waals surface area contributed by atoms with Gasteiger partial charge < -0.3 is 9.73 Å². The summed E-state index contributed by atoms with van der Waals surface area (Å²) in [6.07, 6.45) is 5.55. The largest absolute Gasteiger partial charge is 0.469 e. The monoisotopic (exact) mass is 252 g/mol. The van der Waals surface area contributed by atoms with Crippen LogP contribution in [0.3, 0.4) is 0 Å². The molecule has 19 heavy (non-hydrogen) atoms. The van der Waals surface area contributed by atoms with Crippen LogP contribution in [-0.4, -0.2) is 12.0 Å². The Hall–Kier alpha value is -2.13. The van der Waals surface area contributed by atoms with E-state index in [1.54, 1.807) is 6.26 Å². The first-order chi connectivity index (χ1) is 9.31. The average Bonchev–Trinajstić information content (AvgIpc) is 2.86. The zero-order valence-corrected chi connectivity index (χ0v) is 11.1. The van der Waals surface area contributed by atoms with Gasteiger partial charge in [-0.05, 0) is 31.0 Å². The normalized spacial score (nSPS) is 12.7. The quantitative estimate of drug-likeness (QED) is 0.776. The molecule has 1 N–H and O–H groups in total. The molecule has 2 aromatic heterocycles. The van der Waals surface area contributed by atoms with Crippen LogP contribution < -0.4 is 5.32 Å². The minimum atomic E-state index is 0.0948. The highest BCUT2D eigenvalue weighted by Crippen LogP contribution is 2.29. The Balaban J connectivity index is 2.20. The van der Waals surface area contributed by atoms with E-state index in [-0.39, 0.29) is 6.04 Å². The highest BCUT2D eigenvalue weighted by Gasteiger charge is 2.18. The molecule has 96 valence electrons. The lowest BCUT2D eigenvalue weighted by atomic mass is 9.96. The van der Waals surface area contributed by atoms with E-state index in [0.717, 1.165) is 16.7 Å². The van der Waals surface area contributed by atoms with Crippen molar-refractivity contribution < 1.29 is 4.42 Å². The lowest BCUT2D eigenvalue weighted by Gasteiger charge is -2.17. The van der Waals surface area contributed by atoms with Gasteiger partial charge in [0.1, 0.15) is 5.76 Å². The first-order valence-corrected chi connectivity index (χ1v) is 6.35. The van der Waals surface area contributed by atoms with Gasteiger partial charge in [0.25, 0.3) is 0 Å². The van der Waals surface area contributed by atoms with Gasteiger partial charge in [-0.2, -0.15) is 0 Å². The Morgan fingerprint density at radius 3 is 2.68 bits per heavy atom. The highest BCUT2D eigenvalue weighted by atomic mass is 16.3. The summed E-state index contributed by atoms with van der Waals surface area (Å²) in [7, 11) is 1.96. The lowest BCUT2D eigenvalue weighted by Crippen LogP contribution is -2.18. The van der Waals surface area contributed by atoms with Crippen LogP contribution in [0, 0.1) is 6.92 Å². The Bertz CT molecular complexity index is 697. The van der Waals surface area contributed by atoms with E-state index in [2.05, 4.69) is 28.5 Å². The maximum Gasteiger partial charge on any atom is 0.105 e. The third-order valence-electron chi connectivity index (χ3n) is 3.51. The number of benzene rings is 1. The standard InChI is InChI=1S/C16H16N2O/c1-11-13(7-8-19-11)16(17-2)15-10-18-9-12-5-3-4-6-14(12)15/h3-10,16-17H,1-2H3. The molecule has 0 fully saturated rings. The first kappa shape index (κ1) is 11.9. The Morgan fingerprint density at radius 2 is 1.95 bits per heavy atom. The summed E-state index contributed by atoms with van der Waals surface area (Å²) in [6.45, 7) is 1.98. The van der Waals surface area contributed by atoms with Crippen molar-refractivity contribution in [2.45, 2.75) is 13.0 Å². The van der Waals surface area contributed by atoms with Crippen LogP contribution in [0.4, 0.5) is 0 Å². The third-order valence-corrected chi connectivity index (χ3v) is 3.51. The zero-order chi connectivity index (χ0) is 13.2. The van der Waals surface area contributed by atoms with Gasteiger partial charge in [0.2, 0.25) is 0 Å². The first-order valence-electron chi connectivity index (χ1n) is 6.35. The zero-order valence-electron chi connectivity index (χ0n) is 11.1. The molecule has 0 radical (unpaired) electrons. The van der Waals surface area contributed by atoms with Gasteiger partial charge in [-0.3, -0.25) is 4.98 Å². The molecule has 2 heterocycles. The molecule has 3 heteroatoms. The van der Waals surface area contributed by atoms with E-state index in [1.165, 1.54) is 10.9 Å². The number of pyridine rings is 1. The van der Waals surface area contributed by atoms with E-state index in [9.17, 15) is 0 Å². The summed E-state index contributed by atoms with van der Waals surface area (Å²) in [5.41, 5.74) is 2.32. The minimum absolute atomic E-state index is 0.0948. The molecular formula is C16H16N2O. The van der Waals surface area contributed by atoms with E-state index >= 15 is 0 Å². The van der Waals surface area contributed by atoms with Gasteiger partial charge in [-0.1, -0.05) is 24.3 Å². The van der Waals surface area contributed by atoms with Crippen LogP contribution in [-0.2, 0) is 0 Å². The summed E-state index contributed by atoms with van der Waals surface area (Å²) in [5.74, 6) is 0.937. The maximum absolute atomic E-state index is 5.42. The van der Waals surface area contributed by atoms with Crippen molar-refractivity contribution in [1.29, 1.82) is 0 Å². The third kappa shape index (κ3) is 2.02. The second-order valence-electron chi connectivity index (χ2n) is 4.60. The van der Waals surface area contributed by atoms with Gasteiger partial charge in [-0.25, -0.2) is 0 Å². The molecule has 0 aliphatic carbocycles. The molecular weight excluding hydrogens is 236 g/mol. The highest BCUT2D eigenvalue weighted by molar-refractivity contribution is 5.85. The van der Waals surface area contributed by atoms with Gasteiger partial charge in [-0.15, -0.1) is 0 Å². The Kier molecular flexibility index (Phi) is 3.05. The number of furan rings is 1. The van der Waals surface area contributed by atoms with Gasteiger partial charge >= 0.3 is 0 Å². The van der Waals surface area contributed by atoms with Crippen molar-refractivity contribution in [3.63, 3.8) is 0 Å². The van der Waals surface area contributed by atoms with E-state index in [0.29, 0.717) is 0 Å². The van der Waals surface area contributed by atoms with Gasteiger partial charge in [0, 0.05) is 23.3 Å². The summed E-state index contributed by atoms with van der Waals surface area (Å²) in [6, 6.07) is 10.4. The number of hydrogen-bond donors (Lipinski definition) is 1. The van der Waals surface area contributed by atoms with Gasteiger partial charge in [0.15, 0.2) is 0 Å². The van der Waals surface area contributed by atoms with Crippen molar-refractivity contribution in [3.8, 4) is 0 Å². The molecule has 1 atom stereocenters. The van der Waals surface area contributed by atoms with Crippen LogP contribution in [0.1, 0.15) is 22.9 Å². The molecule has 1 unspecified atom stereocenters. The van der Waals surface area contributed by atoms with Crippen LogP contribution in [0.25, 0.3) is 10.8 Å². The van der Waals surface area contributed by atoms with Gasteiger partial charge in [0.05, 0.1) is 12.3 Å². The minimum Gasteiger partial charge on any atom is -0.469 e. The summed E-state index contributed by atoms with van der Waals surface area (Å²) in [5, 5.41) is 5.73. The molecule has 0 amide bonds. The SMILES string of the molecule is CNC(c1ccoc1C)c1cncc2ccccc12. The molecule has 1 aromatic carbocycles. The number of rotatable bonds is 3. The van der Waals surface area contributed by atoms with Crippen LogP contribution in [0.15, 0.2) is 53.4 Å². The number of aromatic nitrogens is 1. The lowest BCUT2D eigenvalue weighted by molar-refractivity contribution is 0.523. The summed E-state index contributed by atoms with van der Waals surface area (Å²) >= 11 is 0. The summed E-state index contributed by atoms with van der Waals surface area (Å²) in [4.78, 5) is 4.35. The fraction of sp³-hybridized carbons (Fsp3) is 0.188. The molecule has 0 bridgehead atoms. The second kappa shape index (κ2) is 4.86. The fourth-order valence-electron chi connectivity index (χ4n) is 2.54. The molecule has 3 aromatic rings. The van der Waals surface area contributed by atoms with E-state index in [1.807, 2.05) is 38.5 Å². The molecule has 0 aliphatic rings. The fourth-order valence-corrected chi connectivity index (χ4v) is 2.54. The van der Waals surface area contributed by atoms with Crippen LogP contribution in [0.5, 0.6) is 0 Å². The van der Waals surface area contributed by atoms with Crippen LogP contribution in [0.2, 0.25) is 0 Å². The predicted molar refractivity (Wildman–Crippen MR) is 76.1 cm³/mol. The van der Waals surface area contributed by atoms with Crippen LogP contribution >= 0.6 is 0 Å². The molecule has 3 rings (SSSR count). The molecule has 0 saturated heterocycles. The van der Waals surface area contributed by atoms with Crippen molar-refractivity contribution in [2.24, 2.45) is 0 Å². The molecule has 0 aliphatic heterocycles. The van der Waals surface area contributed by atoms with E-state index < -0.39 is 0 Å². The van der Waals surface area contributed by atoms with Crippen molar-refractivity contribution in [2.75, 3.05) is 7.05 Å². The number of nitrogens with zero attached hydrogens (tertiary/aromatic N) is 1. The number of aryl methyl sites for hydroxylation is 1. The molecule has 3 nitrogen and oxygen atoms in total. The number of hydrogen-bond acceptors (Lipinski definition) is 3. The second-order valence-corrected chi connectivity index (χ2v) is 4.60. The van der Waals surface area contributed by atoms with Crippen molar-refractivity contribution in [3.05, 3.63) is 65.9 Å². The van der Waals surface area contributed by atoms with Crippen molar-refractivity contribution in [1.82, 2.24) is 10.3 Å². The Labute approximate surface area is 112 Å². The maximum atomic E-state index is 5.42. The summed E-state index contributed by atoms with van der Waals surface area (Å²) < 4.78 is 5.42. The number of fused-ring (bicyclic) bond motifs is 1. The number of nitrogens with one attached hydrogen (secondary N) is 1. The molecule has 0 saturated carbocycles. The predicted octanol–water partition coefficient (Wildman–Crippen LogP) is 3.45. The molecule has 0 spiro atoms. The Morgan fingerprint density at radius 1 is 1.11 bits per heavy atom. The smallest absolute Gasteiger partial charge is 0.105 e. The topological polar surface area (TPSA) is 38.1 Å². The average molecular weight is 252 g/mol. The van der Waals surface area contributed by atoms with E-state index in [4.69, 9.17) is 4.42 Å².